The predicted octanol–water partition coefficient (Wildman–Crippen LogP) is 2.29. The number of rotatable bonds is 1. The molecule has 1 aromatic heterocycles. The second-order valence-electron chi connectivity index (χ2n) is 4.97. The molecule has 1 aliphatic rings. The second kappa shape index (κ2) is 4.21. The highest BCUT2D eigenvalue weighted by Crippen LogP contribution is 2.37. The van der Waals surface area contributed by atoms with Crippen LogP contribution in [0.3, 0.4) is 0 Å². The Morgan fingerprint density at radius 3 is 2.78 bits per heavy atom. The van der Waals surface area contributed by atoms with Crippen LogP contribution in [0, 0.1) is 5.82 Å². The topological polar surface area (TPSA) is 43.8 Å². The summed E-state index contributed by atoms with van der Waals surface area (Å²) in [6.07, 6.45) is 3.68. The Hall–Kier alpha value is -1.68. The van der Waals surface area contributed by atoms with Gasteiger partial charge in [0.2, 0.25) is 0 Å². The molecule has 3 nitrogen and oxygen atoms in total. The summed E-state index contributed by atoms with van der Waals surface area (Å²) >= 11 is 0. The van der Waals surface area contributed by atoms with Crippen LogP contribution >= 0.6 is 0 Å². The Balaban J connectivity index is 1.93. The Morgan fingerprint density at radius 2 is 2.06 bits per heavy atom. The van der Waals surface area contributed by atoms with E-state index in [1.807, 2.05) is 30.1 Å². The highest BCUT2D eigenvalue weighted by Gasteiger charge is 2.28. The minimum absolute atomic E-state index is 0.0255. The Kier molecular flexibility index (Phi) is 2.67. The van der Waals surface area contributed by atoms with Crippen molar-refractivity contribution >= 4 is 0 Å². The summed E-state index contributed by atoms with van der Waals surface area (Å²) in [5, 5.41) is 4.27. The van der Waals surface area contributed by atoms with Gasteiger partial charge in [-0.15, -0.1) is 0 Å². The Morgan fingerprint density at radius 1 is 1.33 bits per heavy atom. The molecule has 0 bridgehead atoms. The largest absolute Gasteiger partial charge is 0.324 e. The van der Waals surface area contributed by atoms with Gasteiger partial charge in [0.15, 0.2) is 0 Å². The van der Waals surface area contributed by atoms with E-state index < -0.39 is 0 Å². The van der Waals surface area contributed by atoms with Crippen molar-refractivity contribution in [1.29, 1.82) is 0 Å². The van der Waals surface area contributed by atoms with Gasteiger partial charge >= 0.3 is 0 Å². The molecule has 2 N–H and O–H groups in total. The summed E-state index contributed by atoms with van der Waals surface area (Å²) < 4.78 is 14.8. The van der Waals surface area contributed by atoms with Crippen LogP contribution in [0.5, 0.6) is 0 Å². The minimum Gasteiger partial charge on any atom is -0.324 e. The number of hydrogen-bond donors (Lipinski definition) is 1. The lowest BCUT2D eigenvalue weighted by atomic mass is 9.81. The number of nitrogens with zero attached hydrogens (tertiary/aromatic N) is 2. The molecule has 3 rings (SSSR count). The van der Waals surface area contributed by atoms with Crippen molar-refractivity contribution in [1.82, 2.24) is 9.78 Å². The molecule has 0 saturated heterocycles. The van der Waals surface area contributed by atoms with Crippen LogP contribution in [0.25, 0.3) is 0 Å². The van der Waals surface area contributed by atoms with E-state index in [0.717, 1.165) is 24.0 Å². The van der Waals surface area contributed by atoms with Crippen molar-refractivity contribution in [2.45, 2.75) is 24.8 Å². The molecule has 1 aliphatic carbocycles. The summed E-state index contributed by atoms with van der Waals surface area (Å²) in [5.74, 6) is 0.156. The van der Waals surface area contributed by atoms with Gasteiger partial charge in [0.05, 0.1) is 6.20 Å². The third kappa shape index (κ3) is 1.82. The highest BCUT2D eigenvalue weighted by atomic mass is 19.1. The lowest BCUT2D eigenvalue weighted by Crippen LogP contribution is -2.23. The lowest BCUT2D eigenvalue weighted by molar-refractivity contribution is 0.486. The van der Waals surface area contributed by atoms with Gasteiger partial charge in [-0.3, -0.25) is 4.68 Å². The molecule has 2 atom stereocenters. The van der Waals surface area contributed by atoms with Crippen LogP contribution in [-0.4, -0.2) is 9.78 Å². The monoisotopic (exact) mass is 245 g/mol. The van der Waals surface area contributed by atoms with Crippen molar-refractivity contribution < 1.29 is 4.39 Å². The fourth-order valence-electron chi connectivity index (χ4n) is 2.78. The molecule has 1 heterocycles. The molecule has 0 aliphatic heterocycles. The molecule has 2 aromatic rings. The van der Waals surface area contributed by atoms with E-state index in [2.05, 4.69) is 5.10 Å². The number of benzene rings is 1. The van der Waals surface area contributed by atoms with Gasteiger partial charge < -0.3 is 5.73 Å². The predicted molar refractivity (Wildman–Crippen MR) is 67.6 cm³/mol. The van der Waals surface area contributed by atoms with Crippen LogP contribution in [-0.2, 0) is 13.5 Å². The molecule has 0 spiro atoms. The molecule has 0 fully saturated rings. The SMILES string of the molecule is Cn1ncc2c1CC(c1ccc(F)cc1)CC2N. The molecule has 94 valence electrons. The number of aryl methyl sites for hydroxylation is 1. The summed E-state index contributed by atoms with van der Waals surface area (Å²) in [7, 11) is 1.94. The van der Waals surface area contributed by atoms with E-state index in [-0.39, 0.29) is 11.9 Å². The second-order valence-corrected chi connectivity index (χ2v) is 4.97. The Bertz CT molecular complexity index is 559. The summed E-state index contributed by atoms with van der Waals surface area (Å²) in [6.45, 7) is 0. The van der Waals surface area contributed by atoms with Crippen LogP contribution in [0.1, 0.15) is 35.2 Å². The standard InChI is InChI=1S/C14H16FN3/c1-18-14-7-10(6-13(16)12(14)8-17-18)9-2-4-11(15)5-3-9/h2-5,8,10,13H,6-7,16H2,1H3. The van der Waals surface area contributed by atoms with E-state index in [4.69, 9.17) is 5.73 Å². The summed E-state index contributed by atoms with van der Waals surface area (Å²) in [6, 6.07) is 6.76. The fourth-order valence-corrected chi connectivity index (χ4v) is 2.78. The highest BCUT2D eigenvalue weighted by molar-refractivity contribution is 5.31. The zero-order chi connectivity index (χ0) is 12.7. The maximum atomic E-state index is 12.9. The van der Waals surface area contributed by atoms with Crippen molar-refractivity contribution in [3.05, 3.63) is 53.1 Å². The fraction of sp³-hybridized carbons (Fsp3) is 0.357. The van der Waals surface area contributed by atoms with E-state index in [1.54, 1.807) is 0 Å². The molecular weight excluding hydrogens is 229 g/mol. The van der Waals surface area contributed by atoms with Gasteiger partial charge in [0, 0.05) is 24.3 Å². The van der Waals surface area contributed by atoms with Gasteiger partial charge in [0.25, 0.3) is 0 Å². The first kappa shape index (κ1) is 11.4. The van der Waals surface area contributed by atoms with E-state index in [1.165, 1.54) is 17.8 Å². The van der Waals surface area contributed by atoms with Gasteiger partial charge in [-0.05, 0) is 36.5 Å². The molecule has 2 unspecified atom stereocenters. The maximum Gasteiger partial charge on any atom is 0.123 e. The number of hydrogen-bond acceptors (Lipinski definition) is 2. The van der Waals surface area contributed by atoms with Gasteiger partial charge in [-0.1, -0.05) is 12.1 Å². The smallest absolute Gasteiger partial charge is 0.123 e. The average Bonchev–Trinajstić information content (AvgIpc) is 2.73. The molecule has 1 aromatic carbocycles. The van der Waals surface area contributed by atoms with Crippen molar-refractivity contribution in [3.8, 4) is 0 Å². The zero-order valence-electron chi connectivity index (χ0n) is 10.3. The molecular formula is C14H16FN3. The third-order valence-electron chi connectivity index (χ3n) is 3.81. The average molecular weight is 245 g/mol. The zero-order valence-corrected chi connectivity index (χ0v) is 10.3. The van der Waals surface area contributed by atoms with E-state index in [9.17, 15) is 4.39 Å². The first-order chi connectivity index (χ1) is 8.65. The van der Waals surface area contributed by atoms with Gasteiger partial charge in [-0.2, -0.15) is 5.10 Å². The van der Waals surface area contributed by atoms with Gasteiger partial charge in [0.1, 0.15) is 5.82 Å². The van der Waals surface area contributed by atoms with E-state index >= 15 is 0 Å². The van der Waals surface area contributed by atoms with Crippen molar-refractivity contribution in [3.63, 3.8) is 0 Å². The third-order valence-corrected chi connectivity index (χ3v) is 3.81. The molecule has 18 heavy (non-hydrogen) atoms. The number of aromatic nitrogens is 2. The maximum absolute atomic E-state index is 12.9. The number of fused-ring (bicyclic) bond motifs is 1. The first-order valence-corrected chi connectivity index (χ1v) is 6.17. The summed E-state index contributed by atoms with van der Waals surface area (Å²) in [5.41, 5.74) is 9.69. The molecule has 0 radical (unpaired) electrons. The number of nitrogens with two attached hydrogens (primary N) is 1. The normalized spacial score (nSPS) is 22.8. The van der Waals surface area contributed by atoms with E-state index in [0.29, 0.717) is 5.92 Å². The first-order valence-electron chi connectivity index (χ1n) is 6.17. The Labute approximate surface area is 105 Å². The molecule has 0 amide bonds. The van der Waals surface area contributed by atoms with Crippen LogP contribution in [0.4, 0.5) is 4.39 Å². The minimum atomic E-state index is -0.194. The van der Waals surface area contributed by atoms with Crippen molar-refractivity contribution in [2.75, 3.05) is 0 Å². The molecule has 4 heteroatoms. The quantitative estimate of drug-likeness (QED) is 0.837. The summed E-state index contributed by atoms with van der Waals surface area (Å²) in [4.78, 5) is 0. The number of halogens is 1. The van der Waals surface area contributed by atoms with Crippen LogP contribution < -0.4 is 5.73 Å². The van der Waals surface area contributed by atoms with Crippen LogP contribution in [0.15, 0.2) is 30.5 Å². The van der Waals surface area contributed by atoms with Crippen LogP contribution in [0.2, 0.25) is 0 Å². The van der Waals surface area contributed by atoms with Crippen molar-refractivity contribution in [2.24, 2.45) is 12.8 Å². The van der Waals surface area contributed by atoms with Gasteiger partial charge in [-0.25, -0.2) is 4.39 Å². The molecule has 0 saturated carbocycles. The lowest BCUT2D eigenvalue weighted by Gasteiger charge is -2.27.